The Kier molecular flexibility index (Phi) is 4.36. The molecule has 0 radical (unpaired) electrons. The number of aromatic nitrogens is 5. The Morgan fingerprint density at radius 3 is 2.46 bits per heavy atom. The maximum atomic E-state index is 12.6. The smallest absolute Gasteiger partial charge is 0.342 e. The Bertz CT molecular complexity index is 954. The second-order valence-electron chi connectivity index (χ2n) is 5.32. The molecule has 3 aromatic rings. The van der Waals surface area contributed by atoms with Crippen LogP contribution in [0.4, 0.5) is 13.2 Å². The van der Waals surface area contributed by atoms with E-state index in [9.17, 15) is 18.0 Å². The molecule has 0 aliphatic heterocycles. The molecule has 3 rings (SSSR count). The molecule has 0 saturated carbocycles. The normalized spacial score (nSPS) is 11.4. The van der Waals surface area contributed by atoms with Gasteiger partial charge < -0.3 is 9.42 Å². The molecule has 0 unspecified atom stereocenters. The molecule has 0 fully saturated rings. The van der Waals surface area contributed by atoms with Crippen molar-refractivity contribution in [1.82, 2.24) is 30.0 Å². The van der Waals surface area contributed by atoms with Crippen LogP contribution in [0.3, 0.4) is 0 Å². The molecular weight excluding hydrogens is 353 g/mol. The Morgan fingerprint density at radius 1 is 1.08 bits per heavy atom. The van der Waals surface area contributed by atoms with Crippen molar-refractivity contribution in [1.29, 1.82) is 0 Å². The first kappa shape index (κ1) is 17.5. The highest BCUT2D eigenvalue weighted by molar-refractivity contribution is 5.90. The quantitative estimate of drug-likeness (QED) is 0.703. The lowest BCUT2D eigenvalue weighted by molar-refractivity contribution is -0.159. The number of hydrogen-bond donors (Lipinski definition) is 0. The van der Waals surface area contributed by atoms with Gasteiger partial charge in [0.1, 0.15) is 0 Å². The van der Waals surface area contributed by atoms with E-state index in [0.717, 1.165) is 0 Å². The van der Waals surface area contributed by atoms with Crippen LogP contribution in [0.5, 0.6) is 0 Å². The number of amides is 1. The van der Waals surface area contributed by atoms with Crippen LogP contribution in [0.1, 0.15) is 16.5 Å². The lowest BCUT2D eigenvalue weighted by atomic mass is 10.2. The zero-order chi connectivity index (χ0) is 18.9. The summed E-state index contributed by atoms with van der Waals surface area (Å²) in [6, 6.07) is 4.40. The van der Waals surface area contributed by atoms with Crippen LogP contribution in [0, 0.1) is 0 Å². The first-order valence-electron chi connectivity index (χ1n) is 7.18. The molecule has 0 aliphatic carbocycles. The zero-order valence-corrected chi connectivity index (χ0v) is 13.5. The summed E-state index contributed by atoms with van der Waals surface area (Å²) in [7, 11) is 3.12. The standard InChI is InChI=1S/C15H11F3N6O2/c1-24(2)13(25)12-20-6-4-9(21-12)10-7-8(3-5-19-10)11-22-14(26-23-11)15(16,17)18/h3-7H,1-2H3. The fourth-order valence-corrected chi connectivity index (χ4v) is 1.97. The summed E-state index contributed by atoms with van der Waals surface area (Å²) < 4.78 is 42.0. The summed E-state index contributed by atoms with van der Waals surface area (Å²) in [6.07, 6.45) is -1.97. The van der Waals surface area contributed by atoms with E-state index in [0.29, 0.717) is 11.4 Å². The Balaban J connectivity index is 1.97. The third-order valence-electron chi connectivity index (χ3n) is 3.20. The number of carbonyl (C=O) groups is 1. The van der Waals surface area contributed by atoms with Crippen molar-refractivity contribution < 1.29 is 22.5 Å². The summed E-state index contributed by atoms with van der Waals surface area (Å²) in [5.74, 6) is -2.10. The van der Waals surface area contributed by atoms with Crippen LogP contribution in [-0.2, 0) is 6.18 Å². The van der Waals surface area contributed by atoms with Crippen molar-refractivity contribution in [3.8, 4) is 22.8 Å². The number of alkyl halides is 3. The van der Waals surface area contributed by atoms with Gasteiger partial charge in [0.15, 0.2) is 0 Å². The average Bonchev–Trinajstić information content (AvgIpc) is 3.12. The minimum atomic E-state index is -4.73. The molecule has 134 valence electrons. The lowest BCUT2D eigenvalue weighted by Gasteiger charge is -2.09. The van der Waals surface area contributed by atoms with Crippen molar-refractivity contribution in [2.24, 2.45) is 0 Å². The molecule has 0 aromatic carbocycles. The molecule has 0 bridgehead atoms. The average molecular weight is 364 g/mol. The molecule has 3 heterocycles. The SMILES string of the molecule is CN(C)C(=O)c1nccc(-c2cc(-c3noc(C(F)(F)F)n3)ccn2)n1. The van der Waals surface area contributed by atoms with Gasteiger partial charge in [0.25, 0.3) is 5.91 Å². The van der Waals surface area contributed by atoms with Crippen LogP contribution in [0.2, 0.25) is 0 Å². The van der Waals surface area contributed by atoms with E-state index >= 15 is 0 Å². The Hall–Kier alpha value is -3.37. The second-order valence-corrected chi connectivity index (χ2v) is 5.32. The van der Waals surface area contributed by atoms with Gasteiger partial charge >= 0.3 is 12.1 Å². The van der Waals surface area contributed by atoms with E-state index in [-0.39, 0.29) is 17.2 Å². The van der Waals surface area contributed by atoms with Gasteiger partial charge in [-0.1, -0.05) is 5.16 Å². The molecule has 3 aromatic heterocycles. The molecule has 0 saturated heterocycles. The van der Waals surface area contributed by atoms with Crippen molar-refractivity contribution in [3.05, 3.63) is 42.3 Å². The van der Waals surface area contributed by atoms with Crippen molar-refractivity contribution in [2.75, 3.05) is 14.1 Å². The monoisotopic (exact) mass is 364 g/mol. The van der Waals surface area contributed by atoms with E-state index in [4.69, 9.17) is 0 Å². The summed E-state index contributed by atoms with van der Waals surface area (Å²) >= 11 is 0. The molecule has 0 spiro atoms. The molecule has 11 heteroatoms. The van der Waals surface area contributed by atoms with Gasteiger partial charge in [-0.15, -0.1) is 0 Å². The maximum absolute atomic E-state index is 12.6. The lowest BCUT2D eigenvalue weighted by Crippen LogP contribution is -2.24. The largest absolute Gasteiger partial charge is 0.471 e. The Labute approximate surface area is 144 Å². The first-order valence-corrected chi connectivity index (χ1v) is 7.18. The molecule has 0 atom stereocenters. The van der Waals surface area contributed by atoms with Crippen LogP contribution in [-0.4, -0.2) is 50.0 Å². The van der Waals surface area contributed by atoms with Gasteiger partial charge in [0.2, 0.25) is 11.6 Å². The number of carbonyl (C=O) groups excluding carboxylic acids is 1. The van der Waals surface area contributed by atoms with Gasteiger partial charge in [0.05, 0.1) is 11.4 Å². The van der Waals surface area contributed by atoms with Crippen LogP contribution < -0.4 is 0 Å². The highest BCUT2D eigenvalue weighted by atomic mass is 19.4. The number of halogens is 3. The van der Waals surface area contributed by atoms with E-state index in [1.54, 1.807) is 14.1 Å². The van der Waals surface area contributed by atoms with E-state index in [1.165, 1.54) is 35.5 Å². The highest BCUT2D eigenvalue weighted by Gasteiger charge is 2.38. The predicted molar refractivity (Wildman–Crippen MR) is 81.6 cm³/mol. The van der Waals surface area contributed by atoms with E-state index < -0.39 is 18.0 Å². The molecule has 8 nitrogen and oxygen atoms in total. The Morgan fingerprint density at radius 2 is 1.81 bits per heavy atom. The zero-order valence-electron chi connectivity index (χ0n) is 13.5. The fraction of sp³-hybridized carbons (Fsp3) is 0.200. The van der Waals surface area contributed by atoms with Gasteiger partial charge in [-0.25, -0.2) is 9.97 Å². The molecular formula is C15H11F3N6O2. The van der Waals surface area contributed by atoms with Gasteiger partial charge in [0, 0.05) is 32.1 Å². The van der Waals surface area contributed by atoms with Gasteiger partial charge in [-0.2, -0.15) is 18.2 Å². The topological polar surface area (TPSA) is 97.9 Å². The van der Waals surface area contributed by atoms with Crippen LogP contribution in [0.25, 0.3) is 22.8 Å². The van der Waals surface area contributed by atoms with E-state index in [1.807, 2.05) is 0 Å². The predicted octanol–water partition coefficient (Wildman–Crippen LogP) is 2.31. The molecule has 1 amide bonds. The van der Waals surface area contributed by atoms with Crippen LogP contribution in [0.15, 0.2) is 35.1 Å². The number of rotatable bonds is 3. The van der Waals surface area contributed by atoms with Crippen molar-refractivity contribution in [3.63, 3.8) is 0 Å². The van der Waals surface area contributed by atoms with Crippen molar-refractivity contribution >= 4 is 5.91 Å². The number of pyridine rings is 1. The summed E-state index contributed by atoms with van der Waals surface area (Å²) in [6.45, 7) is 0. The second kappa shape index (κ2) is 6.50. The van der Waals surface area contributed by atoms with Crippen LogP contribution >= 0.6 is 0 Å². The molecule has 0 N–H and O–H groups in total. The maximum Gasteiger partial charge on any atom is 0.471 e. The minimum absolute atomic E-state index is 0.0291. The number of nitrogens with zero attached hydrogens (tertiary/aromatic N) is 6. The fourth-order valence-electron chi connectivity index (χ4n) is 1.97. The third kappa shape index (κ3) is 3.50. The minimum Gasteiger partial charge on any atom is -0.342 e. The summed E-state index contributed by atoms with van der Waals surface area (Å²) in [5.41, 5.74) is 0.899. The van der Waals surface area contributed by atoms with Gasteiger partial charge in [-0.05, 0) is 18.2 Å². The highest BCUT2D eigenvalue weighted by Crippen LogP contribution is 2.29. The summed E-state index contributed by atoms with van der Waals surface area (Å²) in [4.78, 5) is 28.8. The number of hydrogen-bond acceptors (Lipinski definition) is 7. The van der Waals surface area contributed by atoms with Gasteiger partial charge in [-0.3, -0.25) is 9.78 Å². The first-order chi connectivity index (χ1) is 12.3. The molecule has 26 heavy (non-hydrogen) atoms. The van der Waals surface area contributed by atoms with E-state index in [2.05, 4.69) is 29.6 Å². The molecule has 0 aliphatic rings. The third-order valence-corrected chi connectivity index (χ3v) is 3.20. The summed E-state index contributed by atoms with van der Waals surface area (Å²) in [5, 5.41) is 3.33. The van der Waals surface area contributed by atoms with Crippen molar-refractivity contribution in [2.45, 2.75) is 6.18 Å².